The standard InChI is InChI=1S/C13H17BrO2/c1-2-7-16-8-6-13(15)10-11-4-3-5-12(14)9-11/h3-5,9H,2,6-8,10H2,1H3. The zero-order valence-electron chi connectivity index (χ0n) is 9.54. The Morgan fingerprint density at radius 3 is 2.88 bits per heavy atom. The number of carbonyl (C=O) groups excluding carboxylic acids is 1. The number of carbonyl (C=O) groups is 1. The third kappa shape index (κ3) is 5.42. The zero-order valence-corrected chi connectivity index (χ0v) is 11.1. The van der Waals surface area contributed by atoms with Crippen LogP contribution in [0, 0.1) is 0 Å². The highest BCUT2D eigenvalue weighted by atomic mass is 79.9. The molecule has 88 valence electrons. The van der Waals surface area contributed by atoms with E-state index >= 15 is 0 Å². The number of hydrogen-bond acceptors (Lipinski definition) is 2. The zero-order chi connectivity index (χ0) is 11.8. The lowest BCUT2D eigenvalue weighted by atomic mass is 10.1. The second kappa shape index (κ2) is 7.58. The van der Waals surface area contributed by atoms with Crippen LogP contribution in [0.5, 0.6) is 0 Å². The van der Waals surface area contributed by atoms with Gasteiger partial charge in [-0.3, -0.25) is 4.79 Å². The Morgan fingerprint density at radius 1 is 1.38 bits per heavy atom. The summed E-state index contributed by atoms with van der Waals surface area (Å²) in [4.78, 5) is 11.6. The van der Waals surface area contributed by atoms with Crippen LogP contribution in [0.2, 0.25) is 0 Å². The monoisotopic (exact) mass is 284 g/mol. The van der Waals surface area contributed by atoms with E-state index in [1.54, 1.807) is 0 Å². The van der Waals surface area contributed by atoms with E-state index in [1.165, 1.54) is 0 Å². The summed E-state index contributed by atoms with van der Waals surface area (Å²) in [6, 6.07) is 7.85. The lowest BCUT2D eigenvalue weighted by Crippen LogP contribution is -2.07. The molecule has 1 aromatic carbocycles. The number of ether oxygens (including phenoxy) is 1. The van der Waals surface area contributed by atoms with Crippen LogP contribution in [-0.2, 0) is 16.0 Å². The molecule has 0 saturated carbocycles. The first-order valence-electron chi connectivity index (χ1n) is 5.56. The van der Waals surface area contributed by atoms with E-state index in [-0.39, 0.29) is 5.78 Å². The molecule has 0 radical (unpaired) electrons. The van der Waals surface area contributed by atoms with Crippen molar-refractivity contribution in [2.75, 3.05) is 13.2 Å². The first kappa shape index (κ1) is 13.4. The Bertz CT molecular complexity index is 336. The molecule has 0 heterocycles. The molecule has 3 heteroatoms. The molecular weight excluding hydrogens is 268 g/mol. The predicted molar refractivity (Wildman–Crippen MR) is 68.6 cm³/mol. The van der Waals surface area contributed by atoms with E-state index in [4.69, 9.17) is 4.74 Å². The average Bonchev–Trinajstić information content (AvgIpc) is 2.24. The first-order chi connectivity index (χ1) is 7.72. The van der Waals surface area contributed by atoms with E-state index in [0.29, 0.717) is 19.4 Å². The summed E-state index contributed by atoms with van der Waals surface area (Å²) < 4.78 is 6.30. The lowest BCUT2D eigenvalue weighted by Gasteiger charge is -2.03. The SMILES string of the molecule is CCCOCCC(=O)Cc1cccc(Br)c1. The molecule has 0 aliphatic rings. The summed E-state index contributed by atoms with van der Waals surface area (Å²) in [6.07, 6.45) is 2.00. The van der Waals surface area contributed by atoms with Gasteiger partial charge in [0.15, 0.2) is 0 Å². The van der Waals surface area contributed by atoms with Crippen molar-refractivity contribution in [3.8, 4) is 0 Å². The van der Waals surface area contributed by atoms with Gasteiger partial charge < -0.3 is 4.74 Å². The van der Waals surface area contributed by atoms with Crippen molar-refractivity contribution in [3.63, 3.8) is 0 Å². The highest BCUT2D eigenvalue weighted by molar-refractivity contribution is 9.10. The van der Waals surface area contributed by atoms with Crippen LogP contribution < -0.4 is 0 Å². The van der Waals surface area contributed by atoms with Crippen LogP contribution in [0.15, 0.2) is 28.7 Å². The minimum absolute atomic E-state index is 0.231. The van der Waals surface area contributed by atoms with Gasteiger partial charge in [0, 0.05) is 23.9 Å². The van der Waals surface area contributed by atoms with Crippen molar-refractivity contribution in [2.45, 2.75) is 26.2 Å². The van der Waals surface area contributed by atoms with Crippen molar-refractivity contribution in [1.29, 1.82) is 0 Å². The molecule has 0 aliphatic heterocycles. The van der Waals surface area contributed by atoms with Crippen LogP contribution in [0.1, 0.15) is 25.3 Å². The lowest BCUT2D eigenvalue weighted by molar-refractivity contribution is -0.119. The van der Waals surface area contributed by atoms with Gasteiger partial charge in [0.25, 0.3) is 0 Å². The van der Waals surface area contributed by atoms with E-state index in [9.17, 15) is 4.79 Å². The fourth-order valence-electron chi connectivity index (χ4n) is 1.40. The number of halogens is 1. The van der Waals surface area contributed by atoms with Crippen molar-refractivity contribution >= 4 is 21.7 Å². The van der Waals surface area contributed by atoms with Crippen LogP contribution in [0.4, 0.5) is 0 Å². The molecule has 0 saturated heterocycles. The molecule has 0 fully saturated rings. The van der Waals surface area contributed by atoms with Gasteiger partial charge in [-0.25, -0.2) is 0 Å². The topological polar surface area (TPSA) is 26.3 Å². The molecule has 16 heavy (non-hydrogen) atoms. The summed E-state index contributed by atoms with van der Waals surface area (Å²) in [5.41, 5.74) is 1.05. The number of rotatable bonds is 7. The van der Waals surface area contributed by atoms with Crippen LogP contribution in [0.25, 0.3) is 0 Å². The quantitative estimate of drug-likeness (QED) is 0.718. The van der Waals surface area contributed by atoms with Gasteiger partial charge in [-0.05, 0) is 24.1 Å². The number of Topliss-reactive ketones (excluding diaryl/α,β-unsaturated/α-hetero) is 1. The van der Waals surface area contributed by atoms with Gasteiger partial charge >= 0.3 is 0 Å². The van der Waals surface area contributed by atoms with Gasteiger partial charge in [-0.1, -0.05) is 35.0 Å². The van der Waals surface area contributed by atoms with Crippen LogP contribution in [0.3, 0.4) is 0 Å². The molecule has 0 aromatic heterocycles. The molecule has 0 amide bonds. The predicted octanol–water partition coefficient (Wildman–Crippen LogP) is 3.38. The fourth-order valence-corrected chi connectivity index (χ4v) is 1.84. The molecule has 0 atom stereocenters. The van der Waals surface area contributed by atoms with E-state index < -0.39 is 0 Å². The summed E-state index contributed by atoms with van der Waals surface area (Å²) in [6.45, 7) is 3.34. The van der Waals surface area contributed by atoms with E-state index in [0.717, 1.165) is 23.1 Å². The average molecular weight is 285 g/mol. The maximum Gasteiger partial charge on any atom is 0.139 e. The van der Waals surface area contributed by atoms with Crippen LogP contribution >= 0.6 is 15.9 Å². The smallest absolute Gasteiger partial charge is 0.139 e. The van der Waals surface area contributed by atoms with Gasteiger partial charge in [0.1, 0.15) is 5.78 Å². The molecular formula is C13H17BrO2. The van der Waals surface area contributed by atoms with Gasteiger partial charge in [-0.2, -0.15) is 0 Å². The molecule has 0 spiro atoms. The van der Waals surface area contributed by atoms with Crippen molar-refractivity contribution < 1.29 is 9.53 Å². The Hall–Kier alpha value is -0.670. The largest absolute Gasteiger partial charge is 0.381 e. The third-order valence-corrected chi connectivity index (χ3v) is 2.66. The molecule has 0 aliphatic carbocycles. The van der Waals surface area contributed by atoms with Gasteiger partial charge in [0.2, 0.25) is 0 Å². The van der Waals surface area contributed by atoms with E-state index in [1.807, 2.05) is 24.3 Å². The van der Waals surface area contributed by atoms with Crippen molar-refractivity contribution in [1.82, 2.24) is 0 Å². The highest BCUT2D eigenvalue weighted by Crippen LogP contribution is 2.12. The summed E-state index contributed by atoms with van der Waals surface area (Å²) in [5, 5.41) is 0. The van der Waals surface area contributed by atoms with Gasteiger partial charge in [0.05, 0.1) is 6.61 Å². The molecule has 0 bridgehead atoms. The minimum atomic E-state index is 0.231. The Morgan fingerprint density at radius 2 is 2.19 bits per heavy atom. The maximum atomic E-state index is 11.6. The second-order valence-corrected chi connectivity index (χ2v) is 4.62. The summed E-state index contributed by atoms with van der Waals surface area (Å²) in [7, 11) is 0. The second-order valence-electron chi connectivity index (χ2n) is 3.71. The molecule has 0 N–H and O–H groups in total. The number of benzene rings is 1. The Balaban J connectivity index is 2.29. The maximum absolute atomic E-state index is 11.6. The Kier molecular flexibility index (Phi) is 6.34. The fraction of sp³-hybridized carbons (Fsp3) is 0.462. The van der Waals surface area contributed by atoms with E-state index in [2.05, 4.69) is 22.9 Å². The van der Waals surface area contributed by atoms with Crippen molar-refractivity contribution in [3.05, 3.63) is 34.3 Å². The summed E-state index contributed by atoms with van der Waals surface area (Å²) >= 11 is 3.39. The normalized spacial score (nSPS) is 10.4. The molecule has 1 aromatic rings. The summed E-state index contributed by atoms with van der Waals surface area (Å²) in [5.74, 6) is 0.231. The minimum Gasteiger partial charge on any atom is -0.381 e. The van der Waals surface area contributed by atoms with Gasteiger partial charge in [-0.15, -0.1) is 0 Å². The Labute approximate surface area is 105 Å². The van der Waals surface area contributed by atoms with Crippen LogP contribution in [-0.4, -0.2) is 19.0 Å². The molecule has 2 nitrogen and oxygen atoms in total. The molecule has 1 rings (SSSR count). The third-order valence-electron chi connectivity index (χ3n) is 2.16. The first-order valence-corrected chi connectivity index (χ1v) is 6.35. The number of ketones is 1. The molecule has 0 unspecified atom stereocenters. The van der Waals surface area contributed by atoms with Crippen molar-refractivity contribution in [2.24, 2.45) is 0 Å². The highest BCUT2D eigenvalue weighted by Gasteiger charge is 2.03. The number of hydrogen-bond donors (Lipinski definition) is 0.